The lowest BCUT2D eigenvalue weighted by molar-refractivity contribution is -0.110. The summed E-state index contributed by atoms with van der Waals surface area (Å²) in [6.07, 6.45) is 1.96. The van der Waals surface area contributed by atoms with Crippen LogP contribution in [0.4, 0.5) is 5.69 Å². The smallest absolute Gasteiger partial charge is 0.256 e. The summed E-state index contributed by atoms with van der Waals surface area (Å²) in [6.45, 7) is 6.38. The van der Waals surface area contributed by atoms with Crippen LogP contribution in [-0.4, -0.2) is 5.91 Å². The SMILES string of the molecule is Cc1c(Br)ccc2c1C(=Cc1ccc(C(C)C)cc1)C(=O)N2. The summed E-state index contributed by atoms with van der Waals surface area (Å²) in [5.41, 5.74) is 6.04. The highest BCUT2D eigenvalue weighted by Gasteiger charge is 2.26. The normalized spacial score (nSPS) is 15.3. The summed E-state index contributed by atoms with van der Waals surface area (Å²) in [4.78, 5) is 12.3. The molecule has 1 heterocycles. The van der Waals surface area contributed by atoms with Gasteiger partial charge in [-0.05, 0) is 47.7 Å². The summed E-state index contributed by atoms with van der Waals surface area (Å²) in [7, 11) is 0. The van der Waals surface area contributed by atoms with Crippen LogP contribution in [0.5, 0.6) is 0 Å². The van der Waals surface area contributed by atoms with Gasteiger partial charge in [-0.3, -0.25) is 4.79 Å². The molecule has 2 aromatic rings. The van der Waals surface area contributed by atoms with Gasteiger partial charge in [-0.2, -0.15) is 0 Å². The highest BCUT2D eigenvalue weighted by Crippen LogP contribution is 2.38. The van der Waals surface area contributed by atoms with E-state index < -0.39 is 0 Å². The number of hydrogen-bond donors (Lipinski definition) is 1. The molecule has 0 saturated heterocycles. The molecule has 0 fully saturated rings. The second-order valence-electron chi connectivity index (χ2n) is 5.93. The zero-order valence-electron chi connectivity index (χ0n) is 12.9. The average molecular weight is 356 g/mol. The van der Waals surface area contributed by atoms with Crippen LogP contribution in [0.2, 0.25) is 0 Å². The molecular formula is C19H18BrNO. The lowest BCUT2D eigenvalue weighted by Crippen LogP contribution is -2.03. The molecule has 0 unspecified atom stereocenters. The summed E-state index contributed by atoms with van der Waals surface area (Å²) in [5, 5.41) is 2.94. The summed E-state index contributed by atoms with van der Waals surface area (Å²) >= 11 is 3.54. The molecule has 22 heavy (non-hydrogen) atoms. The summed E-state index contributed by atoms with van der Waals surface area (Å²) in [5.74, 6) is 0.472. The maximum atomic E-state index is 12.3. The van der Waals surface area contributed by atoms with Crippen molar-refractivity contribution in [3.63, 3.8) is 0 Å². The van der Waals surface area contributed by atoms with Crippen molar-refractivity contribution in [2.45, 2.75) is 26.7 Å². The van der Waals surface area contributed by atoms with Crippen molar-refractivity contribution < 1.29 is 4.79 Å². The molecule has 0 atom stereocenters. The lowest BCUT2D eigenvalue weighted by atomic mass is 9.97. The fraction of sp³-hybridized carbons (Fsp3) is 0.211. The molecule has 0 aromatic heterocycles. The minimum Gasteiger partial charge on any atom is -0.321 e. The maximum absolute atomic E-state index is 12.3. The Kier molecular flexibility index (Phi) is 3.92. The zero-order valence-corrected chi connectivity index (χ0v) is 14.5. The van der Waals surface area contributed by atoms with Gasteiger partial charge in [0.2, 0.25) is 0 Å². The van der Waals surface area contributed by atoms with Crippen molar-refractivity contribution in [2.75, 3.05) is 5.32 Å². The van der Waals surface area contributed by atoms with Gasteiger partial charge in [-0.1, -0.05) is 54.0 Å². The van der Waals surface area contributed by atoms with Crippen LogP contribution in [0.3, 0.4) is 0 Å². The van der Waals surface area contributed by atoms with E-state index in [1.165, 1.54) is 5.56 Å². The first-order valence-corrected chi connectivity index (χ1v) is 8.19. The number of amides is 1. The van der Waals surface area contributed by atoms with Crippen molar-refractivity contribution in [1.82, 2.24) is 0 Å². The van der Waals surface area contributed by atoms with Crippen LogP contribution in [0.25, 0.3) is 11.6 Å². The number of halogens is 1. The number of benzene rings is 2. The first kappa shape index (κ1) is 15.0. The Hall–Kier alpha value is -1.87. The third kappa shape index (κ3) is 2.61. The minimum absolute atomic E-state index is 0.0378. The second-order valence-corrected chi connectivity index (χ2v) is 6.78. The first-order valence-electron chi connectivity index (χ1n) is 7.40. The molecule has 0 radical (unpaired) electrons. The molecule has 0 spiro atoms. The van der Waals surface area contributed by atoms with Gasteiger partial charge >= 0.3 is 0 Å². The van der Waals surface area contributed by atoms with E-state index in [0.29, 0.717) is 5.92 Å². The fourth-order valence-electron chi connectivity index (χ4n) is 2.72. The van der Waals surface area contributed by atoms with Gasteiger partial charge in [0.05, 0.1) is 0 Å². The molecule has 112 valence electrons. The number of carbonyl (C=O) groups excluding carboxylic acids is 1. The van der Waals surface area contributed by atoms with Gasteiger partial charge in [0.15, 0.2) is 0 Å². The van der Waals surface area contributed by atoms with Crippen LogP contribution in [0.15, 0.2) is 40.9 Å². The van der Waals surface area contributed by atoms with Gasteiger partial charge in [-0.25, -0.2) is 0 Å². The van der Waals surface area contributed by atoms with Gasteiger partial charge in [0.25, 0.3) is 5.91 Å². The van der Waals surface area contributed by atoms with E-state index in [2.05, 4.69) is 59.4 Å². The number of fused-ring (bicyclic) bond motifs is 1. The summed E-state index contributed by atoms with van der Waals surface area (Å²) < 4.78 is 1.02. The van der Waals surface area contributed by atoms with E-state index in [9.17, 15) is 4.79 Å². The molecule has 2 aromatic carbocycles. The standard InChI is InChI=1S/C19H18BrNO/c1-11(2)14-6-4-13(5-7-14)10-15-18-12(3)16(20)8-9-17(18)21-19(15)22/h4-11H,1-3H3,(H,21,22). The van der Waals surface area contributed by atoms with Crippen LogP contribution in [0, 0.1) is 6.92 Å². The third-order valence-corrected chi connectivity index (χ3v) is 4.93. The number of anilines is 1. The third-order valence-electron chi connectivity index (χ3n) is 4.08. The largest absolute Gasteiger partial charge is 0.321 e. The van der Waals surface area contributed by atoms with E-state index in [-0.39, 0.29) is 5.91 Å². The van der Waals surface area contributed by atoms with E-state index in [4.69, 9.17) is 0 Å². The van der Waals surface area contributed by atoms with E-state index in [1.54, 1.807) is 0 Å². The Labute approximate surface area is 139 Å². The Bertz CT molecular complexity index is 773. The van der Waals surface area contributed by atoms with Crippen LogP contribution in [-0.2, 0) is 4.79 Å². The fourth-order valence-corrected chi connectivity index (χ4v) is 3.05. The van der Waals surface area contributed by atoms with E-state index in [1.807, 2.05) is 25.1 Å². The molecule has 1 N–H and O–H groups in total. The molecule has 3 heteroatoms. The van der Waals surface area contributed by atoms with Crippen molar-refractivity contribution in [1.29, 1.82) is 0 Å². The molecular weight excluding hydrogens is 338 g/mol. The minimum atomic E-state index is -0.0378. The quantitative estimate of drug-likeness (QED) is 0.720. The Morgan fingerprint density at radius 1 is 1.09 bits per heavy atom. The predicted octanol–water partition coefficient (Wildman–Crippen LogP) is 5.37. The van der Waals surface area contributed by atoms with Crippen LogP contribution >= 0.6 is 15.9 Å². The maximum Gasteiger partial charge on any atom is 0.256 e. The molecule has 1 aliphatic rings. The van der Waals surface area contributed by atoms with Crippen molar-refractivity contribution in [3.8, 4) is 0 Å². The molecule has 0 bridgehead atoms. The van der Waals surface area contributed by atoms with Crippen LogP contribution in [0.1, 0.15) is 42.0 Å². The summed E-state index contributed by atoms with van der Waals surface area (Å²) in [6, 6.07) is 12.3. The molecule has 1 aliphatic heterocycles. The molecule has 2 nitrogen and oxygen atoms in total. The van der Waals surface area contributed by atoms with Crippen molar-refractivity contribution >= 4 is 39.2 Å². The monoisotopic (exact) mass is 355 g/mol. The molecule has 3 rings (SSSR count). The highest BCUT2D eigenvalue weighted by molar-refractivity contribution is 9.10. The van der Waals surface area contributed by atoms with E-state index in [0.717, 1.165) is 32.4 Å². The highest BCUT2D eigenvalue weighted by atomic mass is 79.9. The Morgan fingerprint density at radius 2 is 1.77 bits per heavy atom. The first-order chi connectivity index (χ1) is 10.5. The number of rotatable bonds is 2. The van der Waals surface area contributed by atoms with Crippen molar-refractivity contribution in [3.05, 3.63) is 63.1 Å². The molecule has 0 saturated carbocycles. The lowest BCUT2D eigenvalue weighted by Gasteiger charge is -2.07. The topological polar surface area (TPSA) is 29.1 Å². The van der Waals surface area contributed by atoms with Gasteiger partial charge in [0, 0.05) is 21.3 Å². The van der Waals surface area contributed by atoms with E-state index >= 15 is 0 Å². The Balaban J connectivity index is 2.06. The second kappa shape index (κ2) is 5.73. The molecule has 0 aliphatic carbocycles. The van der Waals surface area contributed by atoms with Gasteiger partial charge < -0.3 is 5.32 Å². The number of nitrogens with one attached hydrogen (secondary N) is 1. The Morgan fingerprint density at radius 3 is 2.41 bits per heavy atom. The van der Waals surface area contributed by atoms with Crippen LogP contribution < -0.4 is 5.32 Å². The zero-order chi connectivity index (χ0) is 15.9. The number of carbonyl (C=O) groups is 1. The average Bonchev–Trinajstić information content (AvgIpc) is 2.80. The van der Waals surface area contributed by atoms with Gasteiger partial charge in [-0.15, -0.1) is 0 Å². The predicted molar refractivity (Wildman–Crippen MR) is 95.9 cm³/mol. The number of hydrogen-bond acceptors (Lipinski definition) is 1. The van der Waals surface area contributed by atoms with Gasteiger partial charge in [0.1, 0.15) is 0 Å². The van der Waals surface area contributed by atoms with Crippen molar-refractivity contribution in [2.24, 2.45) is 0 Å². The molecule has 1 amide bonds.